The summed E-state index contributed by atoms with van der Waals surface area (Å²) in [6.45, 7) is 1.75. The van der Waals surface area contributed by atoms with Gasteiger partial charge in [-0.3, -0.25) is 4.72 Å². The van der Waals surface area contributed by atoms with Gasteiger partial charge in [-0.25, -0.2) is 26.8 Å². The zero-order chi connectivity index (χ0) is 14.6. The maximum Gasteiger partial charge on any atom is 0.236 e. The molecule has 1 N–H and O–H groups in total. The number of aryl methyl sites for hydroxylation is 1. The number of rotatable bonds is 2. The molecule has 1 aromatic heterocycles. The molecule has 0 saturated heterocycles. The second kappa shape index (κ2) is 9.25. The van der Waals surface area contributed by atoms with E-state index in [9.17, 15) is 16.8 Å². The van der Waals surface area contributed by atoms with Gasteiger partial charge in [0.05, 0.1) is 22.7 Å². The molecule has 0 aromatic carbocycles. The van der Waals surface area contributed by atoms with Crippen LogP contribution in [0.25, 0.3) is 0 Å². The van der Waals surface area contributed by atoms with Crippen LogP contribution in [0.5, 0.6) is 0 Å². The molecule has 0 aliphatic heterocycles. The van der Waals surface area contributed by atoms with Gasteiger partial charge in [0, 0.05) is 68.3 Å². The summed E-state index contributed by atoms with van der Waals surface area (Å²) in [5.74, 6) is 0.0863. The zero-order valence-electron chi connectivity index (χ0n) is 10.7. The van der Waals surface area contributed by atoms with Gasteiger partial charge < -0.3 is 0 Å². The van der Waals surface area contributed by atoms with Gasteiger partial charge in [0.2, 0.25) is 25.0 Å². The predicted octanol–water partition coefficient (Wildman–Crippen LogP) is 0.723. The Bertz CT molecular complexity index is 615. The normalized spacial score (nSPS) is 10.8. The second-order valence-corrected chi connectivity index (χ2v) is 8.83. The number of nitrogens with zero attached hydrogens (tertiary/aromatic N) is 2. The fraction of sp³-hybridized carbons (Fsp3) is 0.429. The molecule has 0 bridgehead atoms. The van der Waals surface area contributed by atoms with Gasteiger partial charge in [-0.15, -0.1) is 0 Å². The van der Waals surface area contributed by atoms with Crippen molar-refractivity contribution in [1.82, 2.24) is 9.97 Å². The summed E-state index contributed by atoms with van der Waals surface area (Å²) in [6.07, 6.45) is 3.47. The molecule has 0 spiro atoms. The van der Waals surface area contributed by atoms with Crippen molar-refractivity contribution in [2.45, 2.75) is 6.92 Å². The van der Waals surface area contributed by atoms with Crippen LogP contribution in [0, 0.1) is 6.92 Å². The van der Waals surface area contributed by atoms with E-state index >= 15 is 0 Å². The first-order chi connectivity index (χ1) is 7.88. The third-order valence-electron chi connectivity index (χ3n) is 1.20. The SMILES string of the molecule is CS(=O)(=O)Cl.Cc1nc(NS(C)(=O)=O)ncc1Br.[K]. The van der Waals surface area contributed by atoms with Crippen LogP contribution in [0.2, 0.25) is 0 Å². The molecule has 1 radical (unpaired) electrons. The first-order valence-corrected chi connectivity index (χ1v) is 9.65. The number of sulfonamides is 1. The predicted molar refractivity (Wildman–Crippen MR) is 79.4 cm³/mol. The molecule has 0 atom stereocenters. The molecule has 1 heterocycles. The van der Waals surface area contributed by atoms with Gasteiger partial charge in [0.15, 0.2) is 0 Å². The summed E-state index contributed by atoms with van der Waals surface area (Å²) < 4.78 is 43.3. The number of anilines is 1. The van der Waals surface area contributed by atoms with Crippen LogP contribution in [0.4, 0.5) is 5.95 Å². The molecule has 0 unspecified atom stereocenters. The molecule has 1 rings (SSSR count). The number of hydrogen-bond acceptors (Lipinski definition) is 6. The Kier molecular flexibility index (Phi) is 10.9. The van der Waals surface area contributed by atoms with Gasteiger partial charge in [-0.05, 0) is 22.9 Å². The Morgan fingerprint density at radius 3 is 2.00 bits per heavy atom. The van der Waals surface area contributed by atoms with E-state index in [1.165, 1.54) is 6.20 Å². The zero-order valence-corrected chi connectivity index (χ0v) is 17.8. The average Bonchev–Trinajstić information content (AvgIpc) is 2.06. The van der Waals surface area contributed by atoms with Crippen molar-refractivity contribution in [2.24, 2.45) is 0 Å². The summed E-state index contributed by atoms with van der Waals surface area (Å²) in [4.78, 5) is 7.69. The molecule has 105 valence electrons. The first kappa shape index (κ1) is 22.5. The number of nitrogens with one attached hydrogen (secondary N) is 1. The van der Waals surface area contributed by atoms with E-state index in [4.69, 9.17) is 0 Å². The maximum atomic E-state index is 10.8. The van der Waals surface area contributed by atoms with E-state index in [0.717, 1.165) is 17.0 Å². The van der Waals surface area contributed by atoms with Crippen molar-refractivity contribution in [2.75, 3.05) is 17.2 Å². The quantitative estimate of drug-likeness (QED) is 0.559. The van der Waals surface area contributed by atoms with Crippen molar-refractivity contribution in [3.63, 3.8) is 0 Å². The van der Waals surface area contributed by atoms with Gasteiger partial charge in [-0.1, -0.05) is 0 Å². The molecule has 19 heavy (non-hydrogen) atoms. The standard InChI is InChI=1S/C6H8BrN3O2S.CH3ClO2S.K/c1-4-5(7)3-8-6(9-4)10-13(2,11)12;1-5(2,3)4;/h3H,1-2H3,(H,8,9,10);1H3;. The summed E-state index contributed by atoms with van der Waals surface area (Å²) in [5, 5.41) is 0. The Morgan fingerprint density at radius 1 is 1.26 bits per heavy atom. The molecule has 12 heteroatoms. The average molecular weight is 420 g/mol. The molecule has 0 fully saturated rings. The van der Waals surface area contributed by atoms with Crippen LogP contribution in [-0.4, -0.2) is 90.7 Å². The third kappa shape index (κ3) is 15.4. The van der Waals surface area contributed by atoms with E-state index in [1.54, 1.807) is 6.92 Å². The summed E-state index contributed by atoms with van der Waals surface area (Å²) >= 11 is 3.21. The van der Waals surface area contributed by atoms with Crippen LogP contribution in [0.15, 0.2) is 10.7 Å². The largest absolute Gasteiger partial charge is 0.251 e. The second-order valence-electron chi connectivity index (χ2n) is 3.18. The van der Waals surface area contributed by atoms with Gasteiger partial charge >= 0.3 is 0 Å². The number of halogens is 2. The van der Waals surface area contributed by atoms with E-state index in [0.29, 0.717) is 5.69 Å². The van der Waals surface area contributed by atoms with E-state index in [2.05, 4.69) is 41.3 Å². The topological polar surface area (TPSA) is 106 Å². The number of hydrogen-bond donors (Lipinski definition) is 1. The molecule has 1 aromatic rings. The van der Waals surface area contributed by atoms with Crippen LogP contribution >= 0.6 is 26.6 Å². The van der Waals surface area contributed by atoms with Gasteiger partial charge in [0.25, 0.3) is 0 Å². The minimum Gasteiger partial charge on any atom is -0.251 e. The Balaban J connectivity index is 0. The summed E-state index contributed by atoms with van der Waals surface area (Å²) in [5.41, 5.74) is 0.682. The third-order valence-corrected chi connectivity index (χ3v) is 2.53. The molecular weight excluding hydrogens is 409 g/mol. The fourth-order valence-electron chi connectivity index (χ4n) is 0.667. The Labute approximate surface area is 168 Å². The molecule has 0 aliphatic rings. The van der Waals surface area contributed by atoms with Crippen LogP contribution in [0.1, 0.15) is 5.69 Å². The van der Waals surface area contributed by atoms with Crippen molar-refractivity contribution in [3.8, 4) is 0 Å². The minimum absolute atomic E-state index is 0. The van der Waals surface area contributed by atoms with Crippen LogP contribution in [-0.2, 0) is 19.1 Å². The van der Waals surface area contributed by atoms with Crippen molar-refractivity contribution < 1.29 is 16.8 Å². The molecular formula is C7H11BrClKN3O4S2. The van der Waals surface area contributed by atoms with E-state index in [1.807, 2.05) is 0 Å². The fourth-order valence-corrected chi connectivity index (χ4v) is 1.29. The molecule has 7 nitrogen and oxygen atoms in total. The van der Waals surface area contributed by atoms with Gasteiger partial charge in [-0.2, -0.15) is 0 Å². The Morgan fingerprint density at radius 2 is 1.68 bits per heavy atom. The minimum atomic E-state index is -3.30. The van der Waals surface area contributed by atoms with Crippen molar-refractivity contribution in [3.05, 3.63) is 16.4 Å². The summed E-state index contributed by atoms with van der Waals surface area (Å²) in [6, 6.07) is 0. The first-order valence-electron chi connectivity index (χ1n) is 4.25. The monoisotopic (exact) mass is 418 g/mol. The van der Waals surface area contributed by atoms with Crippen LogP contribution < -0.4 is 4.72 Å². The molecule has 0 saturated carbocycles. The Hall–Kier alpha value is 1.19. The summed E-state index contributed by atoms with van der Waals surface area (Å²) in [7, 11) is -1.99. The van der Waals surface area contributed by atoms with Crippen LogP contribution in [0.3, 0.4) is 0 Å². The van der Waals surface area contributed by atoms with E-state index < -0.39 is 19.1 Å². The smallest absolute Gasteiger partial charge is 0.236 e. The molecule has 0 aliphatic carbocycles. The van der Waals surface area contributed by atoms with E-state index in [-0.39, 0.29) is 57.3 Å². The molecule has 0 amide bonds. The maximum absolute atomic E-state index is 10.8. The number of aromatic nitrogens is 2. The van der Waals surface area contributed by atoms with Crippen molar-refractivity contribution >= 4 is 103 Å². The van der Waals surface area contributed by atoms with Gasteiger partial charge in [0.1, 0.15) is 0 Å². The van der Waals surface area contributed by atoms with Crippen molar-refractivity contribution in [1.29, 1.82) is 0 Å².